The Bertz CT molecular complexity index is 1090. The van der Waals surface area contributed by atoms with E-state index in [1.165, 1.54) is 0 Å². The second-order valence-corrected chi connectivity index (χ2v) is 8.56. The molecule has 0 aromatic heterocycles. The average molecular weight is 492 g/mol. The molecule has 1 heterocycles. The van der Waals surface area contributed by atoms with Crippen LogP contribution in [0.4, 0.5) is 18.0 Å². The van der Waals surface area contributed by atoms with Crippen molar-refractivity contribution in [3.05, 3.63) is 59.7 Å². The molecule has 4 rings (SSSR count). The summed E-state index contributed by atoms with van der Waals surface area (Å²) in [5.41, 5.74) is 3.68. The molecule has 186 valence electrons. The van der Waals surface area contributed by atoms with Crippen LogP contribution in [-0.4, -0.2) is 70.6 Å². The van der Waals surface area contributed by atoms with Gasteiger partial charge in [-0.2, -0.15) is 13.2 Å². The number of aliphatic hydroxyl groups is 1. The van der Waals surface area contributed by atoms with Gasteiger partial charge in [0.15, 0.2) is 0 Å². The number of carbonyl (C=O) groups is 3. The highest BCUT2D eigenvalue weighted by molar-refractivity contribution is 5.85. The number of nitrogens with one attached hydrogen (secondary N) is 1. The highest BCUT2D eigenvalue weighted by Crippen LogP contribution is 2.44. The zero-order valence-corrected chi connectivity index (χ0v) is 18.4. The number of ether oxygens (including phenoxy) is 1. The van der Waals surface area contributed by atoms with E-state index in [4.69, 9.17) is 4.74 Å². The fraction of sp³-hybridized carbons (Fsp3) is 0.375. The van der Waals surface area contributed by atoms with Gasteiger partial charge in [-0.15, -0.1) is 0 Å². The highest BCUT2D eigenvalue weighted by atomic mass is 19.4. The molecule has 0 spiro atoms. The highest BCUT2D eigenvalue weighted by Gasteiger charge is 2.46. The average Bonchev–Trinajstić information content (AvgIpc) is 3.35. The summed E-state index contributed by atoms with van der Waals surface area (Å²) in [6.45, 7) is -0.608. The number of rotatable bonds is 6. The molecule has 3 N–H and O–H groups in total. The van der Waals surface area contributed by atoms with Crippen LogP contribution in [0, 0.1) is 0 Å². The van der Waals surface area contributed by atoms with E-state index in [0.29, 0.717) is 4.90 Å². The van der Waals surface area contributed by atoms with Crippen molar-refractivity contribution >= 4 is 18.0 Å². The van der Waals surface area contributed by atoms with E-state index in [-0.39, 0.29) is 18.9 Å². The third-order valence-corrected chi connectivity index (χ3v) is 6.29. The van der Waals surface area contributed by atoms with Crippen molar-refractivity contribution in [2.75, 3.05) is 13.2 Å². The Morgan fingerprint density at radius 3 is 2.17 bits per heavy atom. The van der Waals surface area contributed by atoms with Gasteiger partial charge >= 0.3 is 18.2 Å². The van der Waals surface area contributed by atoms with Crippen LogP contribution >= 0.6 is 0 Å². The van der Waals surface area contributed by atoms with E-state index >= 15 is 0 Å². The molecule has 1 saturated heterocycles. The summed E-state index contributed by atoms with van der Waals surface area (Å²) in [6.07, 6.45) is -8.99. The first-order valence-electron chi connectivity index (χ1n) is 10.9. The first-order chi connectivity index (χ1) is 16.6. The molecule has 0 saturated carbocycles. The van der Waals surface area contributed by atoms with Gasteiger partial charge in [-0.3, -0.25) is 4.79 Å². The number of carboxylic acids is 1. The lowest BCUT2D eigenvalue weighted by Gasteiger charge is -2.26. The number of fused-ring (bicyclic) bond motifs is 3. The van der Waals surface area contributed by atoms with Gasteiger partial charge in [0.25, 0.3) is 0 Å². The van der Waals surface area contributed by atoms with E-state index in [0.717, 1.165) is 22.3 Å². The van der Waals surface area contributed by atoms with Gasteiger partial charge in [0.1, 0.15) is 18.7 Å². The Kier molecular flexibility index (Phi) is 6.70. The summed E-state index contributed by atoms with van der Waals surface area (Å²) in [5, 5.41) is 20.5. The lowest BCUT2D eigenvalue weighted by Crippen LogP contribution is -2.50. The number of β-amino-alcohol motifs (C(OH)–C–C–N with tert-alkyl or cyclic N) is 1. The first kappa shape index (κ1) is 24.5. The van der Waals surface area contributed by atoms with Crippen LogP contribution in [0.25, 0.3) is 11.1 Å². The topological polar surface area (TPSA) is 116 Å². The molecule has 1 aliphatic carbocycles. The van der Waals surface area contributed by atoms with Crippen molar-refractivity contribution in [1.29, 1.82) is 0 Å². The Labute approximate surface area is 198 Å². The third-order valence-electron chi connectivity index (χ3n) is 6.29. The minimum absolute atomic E-state index is 0.211. The summed E-state index contributed by atoms with van der Waals surface area (Å²) in [4.78, 5) is 36.7. The molecule has 2 amide bonds. The standard InChI is InChI=1S/C24H23F3N2O6/c25-24(26,27)20(10-21(31)29-11-13(30)9-19(29)22(32)33)28-23(34)35-12-18-16-7-3-1-5-14(16)15-6-2-4-8-17(15)18/h1-8,13,18-20,30H,9-12H2,(H,28,34)(H,32,33)/t13-,19-,20?/m1/s1. The zero-order chi connectivity index (χ0) is 25.3. The van der Waals surface area contributed by atoms with Gasteiger partial charge in [0.05, 0.1) is 12.5 Å². The minimum Gasteiger partial charge on any atom is -0.480 e. The number of alkyl halides is 3. The first-order valence-corrected chi connectivity index (χ1v) is 10.9. The normalized spacial score (nSPS) is 20.2. The quantitative estimate of drug-likeness (QED) is 0.571. The maximum absolute atomic E-state index is 13.6. The molecule has 2 aromatic carbocycles. The van der Waals surface area contributed by atoms with Gasteiger partial charge in [-0.25, -0.2) is 9.59 Å². The molecule has 35 heavy (non-hydrogen) atoms. The third kappa shape index (κ3) is 5.09. The number of hydrogen-bond acceptors (Lipinski definition) is 5. The number of nitrogens with zero attached hydrogens (tertiary/aromatic N) is 1. The molecule has 2 aromatic rings. The number of aliphatic hydroxyl groups excluding tert-OH is 1. The Morgan fingerprint density at radius 1 is 1.06 bits per heavy atom. The van der Waals surface area contributed by atoms with Crippen molar-refractivity contribution in [2.45, 2.75) is 43.1 Å². The minimum atomic E-state index is -4.99. The number of alkyl carbamates (subject to hydrolysis) is 1. The van der Waals surface area contributed by atoms with E-state index < -0.39 is 55.3 Å². The zero-order valence-electron chi connectivity index (χ0n) is 18.4. The van der Waals surface area contributed by atoms with Crippen LogP contribution in [-0.2, 0) is 14.3 Å². The Morgan fingerprint density at radius 2 is 1.63 bits per heavy atom. The van der Waals surface area contributed by atoms with Crippen molar-refractivity contribution in [2.24, 2.45) is 0 Å². The van der Waals surface area contributed by atoms with Crippen LogP contribution in [0.2, 0.25) is 0 Å². The summed E-state index contributed by atoms with van der Waals surface area (Å²) in [6, 6.07) is 10.9. The number of likely N-dealkylation sites (tertiary alicyclic amines) is 1. The molecule has 1 unspecified atom stereocenters. The lowest BCUT2D eigenvalue weighted by atomic mass is 9.98. The van der Waals surface area contributed by atoms with Gasteiger partial charge < -0.3 is 25.2 Å². The molecule has 1 aliphatic heterocycles. The van der Waals surface area contributed by atoms with Gasteiger partial charge in [-0.1, -0.05) is 48.5 Å². The van der Waals surface area contributed by atoms with Crippen molar-refractivity contribution in [3.63, 3.8) is 0 Å². The molecular formula is C24H23F3N2O6. The number of carbonyl (C=O) groups excluding carboxylic acids is 2. The predicted molar refractivity (Wildman–Crippen MR) is 116 cm³/mol. The van der Waals surface area contributed by atoms with Crippen molar-refractivity contribution < 1.29 is 42.5 Å². The van der Waals surface area contributed by atoms with E-state index in [1.807, 2.05) is 48.5 Å². The smallest absolute Gasteiger partial charge is 0.409 e. The maximum Gasteiger partial charge on any atom is 0.409 e. The Hall–Kier alpha value is -3.60. The number of amides is 2. The van der Waals surface area contributed by atoms with Crippen LogP contribution < -0.4 is 5.32 Å². The molecule has 2 aliphatic rings. The van der Waals surface area contributed by atoms with Gasteiger partial charge in [0.2, 0.25) is 5.91 Å². The van der Waals surface area contributed by atoms with Crippen molar-refractivity contribution in [1.82, 2.24) is 10.2 Å². The van der Waals surface area contributed by atoms with Crippen LogP contribution in [0.3, 0.4) is 0 Å². The second kappa shape index (κ2) is 9.57. The second-order valence-electron chi connectivity index (χ2n) is 8.56. The van der Waals surface area contributed by atoms with Crippen LogP contribution in [0.15, 0.2) is 48.5 Å². The number of aliphatic carboxylic acids is 1. The van der Waals surface area contributed by atoms with E-state index in [1.54, 1.807) is 5.32 Å². The summed E-state index contributed by atoms with van der Waals surface area (Å²) in [5.74, 6) is -2.93. The Balaban J connectivity index is 1.42. The molecular weight excluding hydrogens is 469 g/mol. The van der Waals surface area contributed by atoms with Crippen LogP contribution in [0.1, 0.15) is 29.9 Å². The van der Waals surface area contributed by atoms with E-state index in [9.17, 15) is 37.8 Å². The molecule has 3 atom stereocenters. The van der Waals surface area contributed by atoms with Gasteiger partial charge in [-0.05, 0) is 22.3 Å². The monoisotopic (exact) mass is 492 g/mol. The molecule has 11 heteroatoms. The maximum atomic E-state index is 13.6. The number of halogens is 3. The number of carboxylic acid groups (broad SMARTS) is 1. The lowest BCUT2D eigenvalue weighted by molar-refractivity contribution is -0.165. The molecule has 0 radical (unpaired) electrons. The molecule has 8 nitrogen and oxygen atoms in total. The predicted octanol–water partition coefficient (Wildman–Crippen LogP) is 2.89. The largest absolute Gasteiger partial charge is 0.480 e. The summed E-state index contributed by atoms with van der Waals surface area (Å²) >= 11 is 0. The molecule has 0 bridgehead atoms. The van der Waals surface area contributed by atoms with Crippen LogP contribution in [0.5, 0.6) is 0 Å². The number of hydrogen-bond donors (Lipinski definition) is 3. The SMILES string of the molecule is O=C(NC(CC(=O)N1C[C@H](O)C[C@@H]1C(=O)O)C(F)(F)F)OCC1c2ccccc2-c2ccccc21. The fourth-order valence-corrected chi connectivity index (χ4v) is 4.65. The fourth-order valence-electron chi connectivity index (χ4n) is 4.65. The number of benzene rings is 2. The molecule has 1 fully saturated rings. The van der Waals surface area contributed by atoms with E-state index in [2.05, 4.69) is 0 Å². The summed E-state index contributed by atoms with van der Waals surface area (Å²) in [7, 11) is 0. The summed E-state index contributed by atoms with van der Waals surface area (Å²) < 4.78 is 45.9. The van der Waals surface area contributed by atoms with Crippen molar-refractivity contribution in [3.8, 4) is 11.1 Å². The van der Waals surface area contributed by atoms with Gasteiger partial charge in [0, 0.05) is 18.9 Å².